The van der Waals surface area contributed by atoms with Gasteiger partial charge >= 0.3 is 0 Å². The van der Waals surface area contributed by atoms with Gasteiger partial charge in [-0.15, -0.1) is 0 Å². The molecule has 124 valence electrons. The summed E-state index contributed by atoms with van der Waals surface area (Å²) in [5.74, 6) is -0.282. The van der Waals surface area contributed by atoms with Crippen LogP contribution >= 0.6 is 0 Å². The summed E-state index contributed by atoms with van der Waals surface area (Å²) in [6.45, 7) is 1.61. The number of hydrogen-bond acceptors (Lipinski definition) is 6. The third-order valence-corrected chi connectivity index (χ3v) is 3.70. The second-order valence-electron chi connectivity index (χ2n) is 5.48. The fourth-order valence-electron chi connectivity index (χ4n) is 2.34. The van der Waals surface area contributed by atoms with Gasteiger partial charge in [-0.25, -0.2) is 0 Å². The van der Waals surface area contributed by atoms with Gasteiger partial charge in [-0.3, -0.25) is 4.79 Å². The normalized spacial score (nSPS) is 32.9. The molecule has 0 aromatic heterocycles. The van der Waals surface area contributed by atoms with Crippen LogP contribution in [0.1, 0.15) is 45.4 Å². The summed E-state index contributed by atoms with van der Waals surface area (Å²) in [5, 5.41) is 40.6. The number of carbonyl (C=O) groups is 1. The van der Waals surface area contributed by atoms with Crippen molar-refractivity contribution in [3.63, 3.8) is 0 Å². The van der Waals surface area contributed by atoms with Crippen molar-refractivity contribution in [2.45, 2.75) is 76.1 Å². The molecule has 0 bridgehead atoms. The van der Waals surface area contributed by atoms with Gasteiger partial charge in [0.1, 0.15) is 24.4 Å². The fourth-order valence-corrected chi connectivity index (χ4v) is 2.34. The third kappa shape index (κ3) is 5.52. The SMILES string of the molecule is CCCCCCCC(=O)N[C@H]1O[C@H](CO)[C@@H](O)[C@H](O)[C@@H]1O. The zero-order valence-electron chi connectivity index (χ0n) is 12.4. The summed E-state index contributed by atoms with van der Waals surface area (Å²) in [5.41, 5.74) is 0. The first-order valence-corrected chi connectivity index (χ1v) is 7.61. The largest absolute Gasteiger partial charge is 0.394 e. The van der Waals surface area contributed by atoms with Crippen molar-refractivity contribution >= 4 is 5.91 Å². The Morgan fingerprint density at radius 2 is 1.71 bits per heavy atom. The van der Waals surface area contributed by atoms with Crippen molar-refractivity contribution in [3.05, 3.63) is 0 Å². The van der Waals surface area contributed by atoms with Crippen LogP contribution < -0.4 is 5.32 Å². The molecule has 1 saturated heterocycles. The van der Waals surface area contributed by atoms with Gasteiger partial charge in [0.05, 0.1) is 6.61 Å². The van der Waals surface area contributed by atoms with Crippen molar-refractivity contribution in [2.24, 2.45) is 0 Å². The number of nitrogens with one attached hydrogen (secondary N) is 1. The molecule has 0 spiro atoms. The van der Waals surface area contributed by atoms with Crippen molar-refractivity contribution in [1.29, 1.82) is 0 Å². The van der Waals surface area contributed by atoms with Gasteiger partial charge in [0.2, 0.25) is 5.91 Å². The molecular weight excluding hydrogens is 278 g/mol. The third-order valence-electron chi connectivity index (χ3n) is 3.70. The van der Waals surface area contributed by atoms with Crippen LogP contribution in [0.4, 0.5) is 0 Å². The predicted octanol–water partition coefficient (Wildman–Crippen LogP) is -0.737. The van der Waals surface area contributed by atoms with Gasteiger partial charge in [0, 0.05) is 6.42 Å². The van der Waals surface area contributed by atoms with Gasteiger partial charge in [-0.2, -0.15) is 0 Å². The smallest absolute Gasteiger partial charge is 0.222 e. The van der Waals surface area contributed by atoms with E-state index in [0.29, 0.717) is 6.42 Å². The molecule has 21 heavy (non-hydrogen) atoms. The summed E-state index contributed by atoms with van der Waals surface area (Å²) in [6.07, 6.45) is -1.01. The lowest BCUT2D eigenvalue weighted by molar-refractivity contribution is -0.236. The average Bonchev–Trinajstić information content (AvgIpc) is 2.47. The Balaban J connectivity index is 2.36. The van der Waals surface area contributed by atoms with E-state index < -0.39 is 37.3 Å². The minimum atomic E-state index is -1.47. The van der Waals surface area contributed by atoms with E-state index in [1.807, 2.05) is 0 Å². The van der Waals surface area contributed by atoms with Crippen LogP contribution in [-0.2, 0) is 9.53 Å². The van der Waals surface area contributed by atoms with E-state index in [1.54, 1.807) is 0 Å². The monoisotopic (exact) mass is 305 g/mol. The van der Waals surface area contributed by atoms with E-state index in [9.17, 15) is 20.1 Å². The topological polar surface area (TPSA) is 119 Å². The molecule has 1 rings (SSSR count). The van der Waals surface area contributed by atoms with E-state index in [4.69, 9.17) is 9.84 Å². The number of aliphatic hydroxyl groups is 4. The summed E-state index contributed by atoms with van der Waals surface area (Å²) in [7, 11) is 0. The number of aliphatic hydroxyl groups excluding tert-OH is 4. The molecule has 0 saturated carbocycles. The van der Waals surface area contributed by atoms with Crippen LogP contribution in [0.25, 0.3) is 0 Å². The highest BCUT2D eigenvalue weighted by Gasteiger charge is 2.43. The average molecular weight is 305 g/mol. The van der Waals surface area contributed by atoms with Crippen molar-refractivity contribution in [2.75, 3.05) is 6.61 Å². The van der Waals surface area contributed by atoms with Crippen LogP contribution in [0.15, 0.2) is 0 Å². The van der Waals surface area contributed by atoms with Crippen LogP contribution in [0.5, 0.6) is 0 Å². The summed E-state index contributed by atoms with van der Waals surface area (Å²) in [4.78, 5) is 11.8. The number of amides is 1. The van der Waals surface area contributed by atoms with Gasteiger partial charge in [0.25, 0.3) is 0 Å². The summed E-state index contributed by atoms with van der Waals surface area (Å²) >= 11 is 0. The van der Waals surface area contributed by atoms with E-state index in [-0.39, 0.29) is 5.91 Å². The minimum absolute atomic E-state index is 0.282. The van der Waals surface area contributed by atoms with Crippen molar-refractivity contribution in [3.8, 4) is 0 Å². The Hall–Kier alpha value is -0.730. The maximum Gasteiger partial charge on any atom is 0.222 e. The molecule has 0 aliphatic carbocycles. The Morgan fingerprint density at radius 3 is 2.33 bits per heavy atom. The number of ether oxygens (including phenoxy) is 1. The zero-order valence-corrected chi connectivity index (χ0v) is 12.4. The van der Waals surface area contributed by atoms with E-state index in [0.717, 1.165) is 32.1 Å². The van der Waals surface area contributed by atoms with E-state index in [2.05, 4.69) is 12.2 Å². The Bertz CT molecular complexity index is 312. The molecule has 7 nitrogen and oxygen atoms in total. The van der Waals surface area contributed by atoms with E-state index in [1.165, 1.54) is 0 Å². The molecule has 1 aliphatic rings. The number of rotatable bonds is 8. The molecule has 7 heteroatoms. The predicted molar refractivity (Wildman–Crippen MR) is 75.3 cm³/mol. The first kappa shape index (κ1) is 18.3. The van der Waals surface area contributed by atoms with Gasteiger partial charge in [-0.05, 0) is 6.42 Å². The molecule has 5 N–H and O–H groups in total. The second kappa shape index (κ2) is 9.32. The highest BCUT2D eigenvalue weighted by molar-refractivity contribution is 5.76. The molecule has 5 atom stereocenters. The van der Waals surface area contributed by atoms with Gasteiger partial charge in [0.15, 0.2) is 6.23 Å². The van der Waals surface area contributed by atoms with Crippen LogP contribution in [0.3, 0.4) is 0 Å². The highest BCUT2D eigenvalue weighted by Crippen LogP contribution is 2.19. The minimum Gasteiger partial charge on any atom is -0.394 e. The Labute approximate surface area is 124 Å². The number of hydrogen-bond donors (Lipinski definition) is 5. The quantitative estimate of drug-likeness (QED) is 0.377. The van der Waals surface area contributed by atoms with E-state index >= 15 is 0 Å². The first-order chi connectivity index (χ1) is 10.0. The van der Waals surface area contributed by atoms with Gasteiger partial charge in [-0.1, -0.05) is 32.6 Å². The number of carbonyl (C=O) groups excluding carboxylic acids is 1. The standard InChI is InChI=1S/C14H27NO6/c1-2-3-4-5-6-7-10(17)15-14-13(20)12(19)11(18)9(8-16)21-14/h9,11-14,16,18-20H,2-8H2,1H3,(H,15,17)/t9-,11-,12+,13+,14+/m1/s1. The molecule has 1 aliphatic heterocycles. The van der Waals surface area contributed by atoms with Crippen LogP contribution in [0.2, 0.25) is 0 Å². The molecular formula is C14H27NO6. The Morgan fingerprint density at radius 1 is 1.05 bits per heavy atom. The molecule has 1 heterocycles. The molecule has 0 aromatic carbocycles. The second-order valence-corrected chi connectivity index (χ2v) is 5.48. The lowest BCUT2D eigenvalue weighted by atomic mass is 9.98. The number of unbranched alkanes of at least 4 members (excludes halogenated alkanes) is 4. The maximum atomic E-state index is 11.8. The summed E-state index contributed by atoms with van der Waals surface area (Å²) in [6, 6.07) is 0. The molecule has 0 unspecified atom stereocenters. The first-order valence-electron chi connectivity index (χ1n) is 7.61. The Kier molecular flexibility index (Phi) is 8.13. The van der Waals surface area contributed by atoms with Crippen molar-refractivity contribution in [1.82, 2.24) is 5.32 Å². The lowest BCUT2D eigenvalue weighted by Gasteiger charge is -2.40. The maximum absolute atomic E-state index is 11.8. The molecule has 0 aromatic rings. The van der Waals surface area contributed by atoms with Crippen molar-refractivity contribution < 1.29 is 30.0 Å². The highest BCUT2D eigenvalue weighted by atomic mass is 16.6. The van der Waals surface area contributed by atoms with Crippen LogP contribution in [-0.4, -0.2) is 63.6 Å². The van der Waals surface area contributed by atoms with Crippen LogP contribution in [0, 0.1) is 0 Å². The lowest BCUT2D eigenvalue weighted by Crippen LogP contribution is -2.63. The fraction of sp³-hybridized carbons (Fsp3) is 0.929. The molecule has 1 fully saturated rings. The molecule has 1 amide bonds. The van der Waals surface area contributed by atoms with Gasteiger partial charge < -0.3 is 30.5 Å². The zero-order chi connectivity index (χ0) is 15.8. The summed E-state index contributed by atoms with van der Waals surface area (Å²) < 4.78 is 5.20. The molecule has 0 radical (unpaired) electrons.